The number of aliphatic hydroxyl groups is 1. The molecule has 0 fully saturated rings. The van der Waals surface area contributed by atoms with Crippen molar-refractivity contribution in [3.63, 3.8) is 0 Å². The number of ether oxygens (including phenoxy) is 2. The normalized spacial score (nSPS) is 12.2. The second kappa shape index (κ2) is 9.96. The van der Waals surface area contributed by atoms with E-state index in [0.717, 1.165) is 30.2 Å². The van der Waals surface area contributed by atoms with Gasteiger partial charge in [0.05, 0.1) is 13.1 Å². The predicted molar refractivity (Wildman–Crippen MR) is 95.6 cm³/mol. The Balaban J connectivity index is 1.75. The first-order valence-electron chi connectivity index (χ1n) is 8.62. The van der Waals surface area contributed by atoms with E-state index in [4.69, 9.17) is 9.47 Å². The van der Waals surface area contributed by atoms with Crippen molar-refractivity contribution in [2.24, 2.45) is 0 Å². The molecule has 0 aliphatic heterocycles. The van der Waals surface area contributed by atoms with Crippen LogP contribution in [0.3, 0.4) is 0 Å². The molecule has 130 valence electrons. The molecule has 0 spiro atoms. The fraction of sp³-hybridized carbons (Fsp3) is 0.400. The van der Waals surface area contributed by atoms with Gasteiger partial charge in [-0.25, -0.2) is 0 Å². The summed E-state index contributed by atoms with van der Waals surface area (Å²) in [6.45, 7) is 7.86. The highest BCUT2D eigenvalue weighted by Crippen LogP contribution is 2.18. The first-order valence-corrected chi connectivity index (χ1v) is 8.62. The molecule has 0 saturated heterocycles. The second-order valence-corrected chi connectivity index (χ2v) is 5.87. The molecule has 0 amide bonds. The van der Waals surface area contributed by atoms with E-state index in [-0.39, 0.29) is 0 Å². The Kier molecular flexibility index (Phi) is 7.59. The van der Waals surface area contributed by atoms with Gasteiger partial charge >= 0.3 is 0 Å². The molecule has 24 heavy (non-hydrogen) atoms. The SMILES string of the molecule is CC[NH+](CC)C[C@H](O)COc1ccc(OCc2ccccc2)cc1. The van der Waals surface area contributed by atoms with Crippen molar-refractivity contribution >= 4 is 0 Å². The molecule has 0 radical (unpaired) electrons. The van der Waals surface area contributed by atoms with Gasteiger partial charge in [-0.2, -0.15) is 0 Å². The third-order valence-corrected chi connectivity index (χ3v) is 4.04. The Morgan fingerprint density at radius 1 is 0.875 bits per heavy atom. The van der Waals surface area contributed by atoms with Crippen LogP contribution in [0.2, 0.25) is 0 Å². The van der Waals surface area contributed by atoms with E-state index in [0.29, 0.717) is 19.8 Å². The van der Waals surface area contributed by atoms with E-state index in [1.54, 1.807) is 0 Å². The largest absolute Gasteiger partial charge is 0.491 e. The average Bonchev–Trinajstić information content (AvgIpc) is 2.64. The molecule has 4 nitrogen and oxygen atoms in total. The highest BCUT2D eigenvalue weighted by molar-refractivity contribution is 5.31. The molecule has 2 aromatic rings. The van der Waals surface area contributed by atoms with Gasteiger partial charge in [-0.3, -0.25) is 0 Å². The van der Waals surface area contributed by atoms with Crippen molar-refractivity contribution in [1.29, 1.82) is 0 Å². The van der Waals surface area contributed by atoms with Gasteiger partial charge in [0.25, 0.3) is 0 Å². The van der Waals surface area contributed by atoms with Gasteiger partial charge < -0.3 is 19.5 Å². The lowest BCUT2D eigenvalue weighted by Gasteiger charge is -2.19. The quantitative estimate of drug-likeness (QED) is 0.700. The smallest absolute Gasteiger partial charge is 0.137 e. The van der Waals surface area contributed by atoms with Crippen molar-refractivity contribution < 1.29 is 19.5 Å². The Bertz CT molecular complexity index is 567. The number of hydrogen-bond acceptors (Lipinski definition) is 3. The van der Waals surface area contributed by atoms with Crippen LogP contribution in [0.5, 0.6) is 11.5 Å². The predicted octanol–water partition coefficient (Wildman–Crippen LogP) is 1.93. The molecule has 2 rings (SSSR count). The molecule has 0 bridgehead atoms. The van der Waals surface area contributed by atoms with Gasteiger partial charge in [-0.05, 0) is 43.7 Å². The Labute approximate surface area is 144 Å². The molecular formula is C20H28NO3+. The van der Waals surface area contributed by atoms with Crippen molar-refractivity contribution in [2.75, 3.05) is 26.2 Å². The number of nitrogens with one attached hydrogen (secondary N) is 1. The molecule has 0 saturated carbocycles. The molecule has 0 aromatic heterocycles. The monoisotopic (exact) mass is 330 g/mol. The Hall–Kier alpha value is -2.04. The van der Waals surface area contributed by atoms with E-state index >= 15 is 0 Å². The fourth-order valence-corrected chi connectivity index (χ4v) is 2.50. The summed E-state index contributed by atoms with van der Waals surface area (Å²) in [6, 6.07) is 17.6. The summed E-state index contributed by atoms with van der Waals surface area (Å²) in [7, 11) is 0. The number of hydrogen-bond donors (Lipinski definition) is 2. The summed E-state index contributed by atoms with van der Waals surface area (Å²) < 4.78 is 11.4. The zero-order valence-electron chi connectivity index (χ0n) is 14.6. The third kappa shape index (κ3) is 6.22. The van der Waals surface area contributed by atoms with Gasteiger partial charge in [-0.1, -0.05) is 30.3 Å². The van der Waals surface area contributed by atoms with Gasteiger partial charge in [-0.15, -0.1) is 0 Å². The molecular weight excluding hydrogens is 302 g/mol. The topological polar surface area (TPSA) is 43.1 Å². The van der Waals surface area contributed by atoms with Crippen molar-refractivity contribution in [2.45, 2.75) is 26.6 Å². The number of benzene rings is 2. The van der Waals surface area contributed by atoms with E-state index in [2.05, 4.69) is 13.8 Å². The van der Waals surface area contributed by atoms with E-state index in [1.165, 1.54) is 4.90 Å². The van der Waals surface area contributed by atoms with Crippen LogP contribution in [0.15, 0.2) is 54.6 Å². The van der Waals surface area contributed by atoms with Crippen molar-refractivity contribution in [3.8, 4) is 11.5 Å². The zero-order chi connectivity index (χ0) is 17.2. The van der Waals surface area contributed by atoms with Crippen LogP contribution in [0.1, 0.15) is 19.4 Å². The standard InChI is InChI=1S/C20H27NO3/c1-3-21(4-2)14-18(22)16-24-20-12-10-19(11-13-20)23-15-17-8-6-5-7-9-17/h5-13,18,22H,3-4,14-16H2,1-2H3/p+1/t18-/m0/s1. The zero-order valence-corrected chi connectivity index (χ0v) is 14.6. The first kappa shape index (κ1) is 18.3. The summed E-state index contributed by atoms with van der Waals surface area (Å²) in [5.74, 6) is 1.55. The molecule has 0 aliphatic rings. The number of aliphatic hydroxyl groups excluding tert-OH is 1. The third-order valence-electron chi connectivity index (χ3n) is 4.04. The fourth-order valence-electron chi connectivity index (χ4n) is 2.50. The number of quaternary nitrogens is 1. The van der Waals surface area contributed by atoms with Crippen LogP contribution in [0.25, 0.3) is 0 Å². The molecule has 0 heterocycles. The minimum atomic E-state index is -0.450. The molecule has 2 N–H and O–H groups in total. The van der Waals surface area contributed by atoms with Crippen LogP contribution in [0, 0.1) is 0 Å². The van der Waals surface area contributed by atoms with Crippen molar-refractivity contribution in [3.05, 3.63) is 60.2 Å². The maximum Gasteiger partial charge on any atom is 0.137 e. The van der Waals surface area contributed by atoms with Crippen molar-refractivity contribution in [1.82, 2.24) is 0 Å². The molecule has 2 aromatic carbocycles. The van der Waals surface area contributed by atoms with Crippen LogP contribution >= 0.6 is 0 Å². The maximum absolute atomic E-state index is 10.0. The molecule has 0 unspecified atom stereocenters. The minimum Gasteiger partial charge on any atom is -0.491 e. The lowest BCUT2D eigenvalue weighted by atomic mass is 10.2. The summed E-state index contributed by atoms with van der Waals surface area (Å²) in [5.41, 5.74) is 1.14. The number of likely N-dealkylation sites (N-methyl/N-ethyl adjacent to an activating group) is 1. The first-order chi connectivity index (χ1) is 11.7. The maximum atomic E-state index is 10.0. The second-order valence-electron chi connectivity index (χ2n) is 5.87. The highest BCUT2D eigenvalue weighted by atomic mass is 16.5. The van der Waals surface area contributed by atoms with E-state index < -0.39 is 6.10 Å². The summed E-state index contributed by atoms with van der Waals surface area (Å²) >= 11 is 0. The lowest BCUT2D eigenvalue weighted by Crippen LogP contribution is -3.12. The van der Waals surface area contributed by atoms with Crippen LogP contribution in [-0.4, -0.2) is 37.5 Å². The van der Waals surface area contributed by atoms with Gasteiger partial charge in [0.2, 0.25) is 0 Å². The van der Waals surface area contributed by atoms with Gasteiger partial charge in [0, 0.05) is 0 Å². The summed E-state index contributed by atoms with van der Waals surface area (Å²) in [4.78, 5) is 1.37. The average molecular weight is 330 g/mol. The molecule has 0 aliphatic carbocycles. The summed E-state index contributed by atoms with van der Waals surface area (Å²) in [6.07, 6.45) is -0.450. The highest BCUT2D eigenvalue weighted by Gasteiger charge is 2.12. The van der Waals surface area contributed by atoms with Gasteiger partial charge in [0.1, 0.15) is 37.4 Å². The molecule has 1 atom stereocenters. The van der Waals surface area contributed by atoms with Crippen LogP contribution in [0.4, 0.5) is 0 Å². The Morgan fingerprint density at radius 3 is 2.04 bits per heavy atom. The Morgan fingerprint density at radius 2 is 1.46 bits per heavy atom. The lowest BCUT2D eigenvalue weighted by molar-refractivity contribution is -0.899. The molecule has 4 heteroatoms. The van der Waals surface area contributed by atoms with Gasteiger partial charge in [0.15, 0.2) is 0 Å². The number of rotatable bonds is 10. The van der Waals surface area contributed by atoms with Crippen LogP contribution in [-0.2, 0) is 6.61 Å². The van der Waals surface area contributed by atoms with E-state index in [9.17, 15) is 5.11 Å². The van der Waals surface area contributed by atoms with E-state index in [1.807, 2.05) is 54.6 Å². The summed E-state index contributed by atoms with van der Waals surface area (Å²) in [5, 5.41) is 10.0. The minimum absolute atomic E-state index is 0.313. The van der Waals surface area contributed by atoms with Crippen LogP contribution < -0.4 is 14.4 Å².